The highest BCUT2D eigenvalue weighted by Gasteiger charge is 2.30. The highest BCUT2D eigenvalue weighted by atomic mass is 35.5. The van der Waals surface area contributed by atoms with Crippen LogP contribution in [0.5, 0.6) is 5.75 Å². The van der Waals surface area contributed by atoms with Gasteiger partial charge in [-0.15, -0.1) is 0 Å². The molecular formula is C26H24ClN3O5S. The Morgan fingerprint density at radius 1 is 0.944 bits per heavy atom. The normalized spacial score (nSPS) is 14.6. The Morgan fingerprint density at radius 3 is 2.28 bits per heavy atom. The summed E-state index contributed by atoms with van der Waals surface area (Å²) in [6, 6.07) is 18.0. The van der Waals surface area contributed by atoms with Crippen LogP contribution in [-0.2, 0) is 14.8 Å². The zero-order chi connectivity index (χ0) is 25.5. The molecule has 0 spiro atoms. The van der Waals surface area contributed by atoms with Crippen LogP contribution in [0.15, 0.2) is 83.9 Å². The summed E-state index contributed by atoms with van der Waals surface area (Å²) in [7, 11) is -3.64. The maximum absolute atomic E-state index is 12.8. The standard InChI is InChI=1S/C26H24ClN3O5S/c27-21-6-11-24(12-7-21)36(33,34)30-17-15-29(16-18-30)26(32)19-35-23-9-4-20(5-10-23)25(31)13-8-22-3-1-2-14-28-22/h1-14H,15-19H2. The number of benzene rings is 2. The van der Waals surface area contributed by atoms with E-state index in [9.17, 15) is 18.0 Å². The smallest absolute Gasteiger partial charge is 0.260 e. The lowest BCUT2D eigenvalue weighted by molar-refractivity contribution is -0.134. The fraction of sp³-hybridized carbons (Fsp3) is 0.192. The average Bonchev–Trinajstić information content (AvgIpc) is 2.91. The Kier molecular flexibility index (Phi) is 8.14. The summed E-state index contributed by atoms with van der Waals surface area (Å²) in [5.74, 6) is 0.0456. The lowest BCUT2D eigenvalue weighted by Crippen LogP contribution is -2.51. The van der Waals surface area contributed by atoms with Gasteiger partial charge in [0, 0.05) is 43.0 Å². The molecule has 0 bridgehead atoms. The van der Waals surface area contributed by atoms with Crippen molar-refractivity contribution in [3.8, 4) is 5.75 Å². The van der Waals surface area contributed by atoms with Crippen molar-refractivity contribution in [3.63, 3.8) is 0 Å². The predicted octanol–water partition coefficient (Wildman–Crippen LogP) is 3.54. The molecule has 0 aliphatic carbocycles. The third-order valence-corrected chi connectivity index (χ3v) is 7.80. The van der Waals surface area contributed by atoms with Crippen molar-refractivity contribution in [2.24, 2.45) is 0 Å². The Balaban J connectivity index is 1.25. The van der Waals surface area contributed by atoms with E-state index in [1.807, 2.05) is 6.07 Å². The molecule has 3 aromatic rings. The van der Waals surface area contributed by atoms with E-state index in [-0.39, 0.29) is 49.4 Å². The van der Waals surface area contributed by atoms with Crippen LogP contribution in [0.25, 0.3) is 6.08 Å². The summed E-state index contributed by atoms with van der Waals surface area (Å²) >= 11 is 5.85. The number of aromatic nitrogens is 1. The summed E-state index contributed by atoms with van der Waals surface area (Å²) < 4.78 is 32.5. The van der Waals surface area contributed by atoms with Crippen LogP contribution >= 0.6 is 11.6 Å². The Labute approximate surface area is 214 Å². The minimum atomic E-state index is -3.64. The van der Waals surface area contributed by atoms with Gasteiger partial charge in [-0.05, 0) is 72.8 Å². The molecule has 8 nitrogen and oxygen atoms in total. The number of sulfonamides is 1. The van der Waals surface area contributed by atoms with Gasteiger partial charge in [0.1, 0.15) is 5.75 Å². The number of hydrogen-bond acceptors (Lipinski definition) is 6. The summed E-state index contributed by atoms with van der Waals surface area (Å²) in [5, 5.41) is 0.461. The largest absolute Gasteiger partial charge is 0.484 e. The molecule has 0 radical (unpaired) electrons. The number of nitrogens with zero attached hydrogens (tertiary/aromatic N) is 3. The minimum Gasteiger partial charge on any atom is -0.484 e. The van der Waals surface area contributed by atoms with E-state index in [0.29, 0.717) is 22.0 Å². The molecular weight excluding hydrogens is 502 g/mol. The number of pyridine rings is 1. The summed E-state index contributed by atoms with van der Waals surface area (Å²) in [5.41, 5.74) is 1.17. The number of amides is 1. The van der Waals surface area contributed by atoms with Gasteiger partial charge in [0.25, 0.3) is 5.91 Å². The van der Waals surface area contributed by atoms with E-state index in [4.69, 9.17) is 16.3 Å². The fourth-order valence-electron chi connectivity index (χ4n) is 3.62. The molecule has 4 rings (SSSR count). The van der Waals surface area contributed by atoms with Crippen LogP contribution in [0, 0.1) is 0 Å². The van der Waals surface area contributed by atoms with E-state index < -0.39 is 10.0 Å². The van der Waals surface area contributed by atoms with Crippen LogP contribution in [0.3, 0.4) is 0 Å². The molecule has 1 saturated heterocycles. The van der Waals surface area contributed by atoms with Crippen LogP contribution in [-0.4, -0.2) is 67.1 Å². The van der Waals surface area contributed by atoms with Crippen LogP contribution in [0.1, 0.15) is 16.1 Å². The quantitative estimate of drug-likeness (QED) is 0.329. The summed E-state index contributed by atoms with van der Waals surface area (Å²) in [4.78, 5) is 30.8. The highest BCUT2D eigenvalue weighted by Crippen LogP contribution is 2.20. The molecule has 36 heavy (non-hydrogen) atoms. The number of rotatable bonds is 8. The van der Waals surface area contributed by atoms with Crippen LogP contribution < -0.4 is 4.74 Å². The van der Waals surface area contributed by atoms with Crippen molar-refractivity contribution in [2.45, 2.75) is 4.90 Å². The summed E-state index contributed by atoms with van der Waals surface area (Å²) in [6.07, 6.45) is 4.75. The molecule has 0 unspecified atom stereocenters. The first-order valence-electron chi connectivity index (χ1n) is 11.2. The second-order valence-corrected chi connectivity index (χ2v) is 10.4. The topological polar surface area (TPSA) is 96.9 Å². The van der Waals surface area contributed by atoms with Gasteiger partial charge in [-0.1, -0.05) is 17.7 Å². The molecule has 0 atom stereocenters. The number of ketones is 1. The number of hydrogen-bond donors (Lipinski definition) is 0. The fourth-order valence-corrected chi connectivity index (χ4v) is 5.17. The van der Waals surface area contributed by atoms with Crippen LogP contribution in [0.4, 0.5) is 0 Å². The number of carbonyl (C=O) groups is 2. The minimum absolute atomic E-state index is 0.171. The average molecular weight is 526 g/mol. The van der Waals surface area contributed by atoms with Crippen molar-refractivity contribution in [1.29, 1.82) is 0 Å². The number of carbonyl (C=O) groups excluding carboxylic acids is 2. The third kappa shape index (κ3) is 6.37. The Morgan fingerprint density at radius 2 is 1.64 bits per heavy atom. The zero-order valence-corrected chi connectivity index (χ0v) is 20.9. The zero-order valence-electron chi connectivity index (χ0n) is 19.3. The van der Waals surface area contributed by atoms with Gasteiger partial charge in [0.2, 0.25) is 10.0 Å². The Hall–Kier alpha value is -3.53. The van der Waals surface area contributed by atoms with E-state index in [2.05, 4.69) is 4.98 Å². The molecule has 0 N–H and O–H groups in total. The van der Waals surface area contributed by atoms with E-state index >= 15 is 0 Å². The lowest BCUT2D eigenvalue weighted by atomic mass is 10.1. The first-order chi connectivity index (χ1) is 17.3. The molecule has 2 heterocycles. The molecule has 186 valence electrons. The Bertz CT molecular complexity index is 1340. The maximum atomic E-state index is 12.8. The molecule has 2 aromatic carbocycles. The number of piperazine rings is 1. The first-order valence-corrected chi connectivity index (χ1v) is 13.0. The molecule has 10 heteroatoms. The van der Waals surface area contributed by atoms with Crippen LogP contribution in [0.2, 0.25) is 5.02 Å². The van der Waals surface area contributed by atoms with Crippen molar-refractivity contribution >= 4 is 39.4 Å². The molecule has 1 aliphatic heterocycles. The van der Waals surface area contributed by atoms with Gasteiger partial charge < -0.3 is 9.64 Å². The second-order valence-electron chi connectivity index (χ2n) is 8.00. The number of allylic oxidation sites excluding steroid dienone is 1. The SMILES string of the molecule is O=C(C=Cc1ccccn1)c1ccc(OCC(=O)N2CCN(S(=O)(=O)c3ccc(Cl)cc3)CC2)cc1. The van der Waals surface area contributed by atoms with Gasteiger partial charge >= 0.3 is 0 Å². The second kappa shape index (κ2) is 11.5. The van der Waals surface area contributed by atoms with Gasteiger partial charge in [-0.3, -0.25) is 14.6 Å². The van der Waals surface area contributed by atoms with Gasteiger partial charge in [-0.25, -0.2) is 8.42 Å². The monoisotopic (exact) mass is 525 g/mol. The third-order valence-electron chi connectivity index (χ3n) is 5.64. The lowest BCUT2D eigenvalue weighted by Gasteiger charge is -2.34. The molecule has 1 aromatic heterocycles. The van der Waals surface area contributed by atoms with Gasteiger partial charge in [0.05, 0.1) is 10.6 Å². The predicted molar refractivity (Wildman–Crippen MR) is 136 cm³/mol. The first kappa shape index (κ1) is 25.6. The van der Waals surface area contributed by atoms with Crippen molar-refractivity contribution in [3.05, 3.63) is 95.3 Å². The van der Waals surface area contributed by atoms with E-state index in [1.165, 1.54) is 34.6 Å². The molecule has 1 amide bonds. The van der Waals surface area contributed by atoms with Crippen molar-refractivity contribution in [1.82, 2.24) is 14.2 Å². The molecule has 0 saturated carbocycles. The van der Waals surface area contributed by atoms with Gasteiger partial charge in [0.15, 0.2) is 12.4 Å². The molecule has 1 aliphatic rings. The number of ether oxygens (including phenoxy) is 1. The highest BCUT2D eigenvalue weighted by molar-refractivity contribution is 7.89. The van der Waals surface area contributed by atoms with E-state index in [0.717, 1.165) is 0 Å². The molecule has 1 fully saturated rings. The summed E-state index contributed by atoms with van der Waals surface area (Å²) in [6.45, 7) is 0.742. The van der Waals surface area contributed by atoms with Crippen molar-refractivity contribution in [2.75, 3.05) is 32.8 Å². The number of halogens is 1. The van der Waals surface area contributed by atoms with Gasteiger partial charge in [-0.2, -0.15) is 4.31 Å². The van der Waals surface area contributed by atoms with E-state index in [1.54, 1.807) is 53.6 Å². The van der Waals surface area contributed by atoms with Crippen molar-refractivity contribution < 1.29 is 22.7 Å². The maximum Gasteiger partial charge on any atom is 0.260 e.